The molecule has 36 heavy (non-hydrogen) atoms. The van der Waals surface area contributed by atoms with Gasteiger partial charge in [0.2, 0.25) is 5.91 Å². The van der Waals surface area contributed by atoms with Crippen LogP contribution in [0.5, 0.6) is 0 Å². The summed E-state index contributed by atoms with van der Waals surface area (Å²) in [5.41, 5.74) is -0.771. The van der Waals surface area contributed by atoms with E-state index in [0.29, 0.717) is 24.9 Å². The van der Waals surface area contributed by atoms with Gasteiger partial charge in [-0.3, -0.25) is 18.8 Å². The average Bonchev–Trinajstić information content (AvgIpc) is 3.10. The molecule has 1 aromatic carbocycles. The van der Waals surface area contributed by atoms with Gasteiger partial charge in [-0.05, 0) is 49.9 Å². The molecule has 14 heteroatoms. The van der Waals surface area contributed by atoms with Crippen LogP contribution in [0.1, 0.15) is 31.2 Å². The van der Waals surface area contributed by atoms with E-state index in [1.165, 1.54) is 30.2 Å². The third-order valence-corrected chi connectivity index (χ3v) is 5.89. The van der Waals surface area contributed by atoms with E-state index in [4.69, 9.17) is 0 Å². The zero-order chi connectivity index (χ0) is 26.0. The fourth-order valence-electron chi connectivity index (χ4n) is 4.24. The molecule has 194 valence electrons. The van der Waals surface area contributed by atoms with Gasteiger partial charge in [-0.2, -0.15) is 27.1 Å². The van der Waals surface area contributed by atoms with Crippen molar-refractivity contribution in [2.45, 2.75) is 57.2 Å². The molecule has 9 nitrogen and oxygen atoms in total. The Labute approximate surface area is 201 Å². The van der Waals surface area contributed by atoms with E-state index in [0.717, 1.165) is 16.7 Å². The van der Waals surface area contributed by atoms with E-state index in [9.17, 15) is 31.5 Å². The molecule has 0 aliphatic heterocycles. The van der Waals surface area contributed by atoms with Gasteiger partial charge in [0.05, 0.1) is 18.0 Å². The number of hydrogen-bond acceptors (Lipinski definition) is 6. The summed E-state index contributed by atoms with van der Waals surface area (Å²) >= 11 is 0. The maximum Gasteiger partial charge on any atom is 0.416 e. The molecule has 0 bridgehead atoms. The summed E-state index contributed by atoms with van der Waals surface area (Å²) in [6.45, 7) is -3.22. The van der Waals surface area contributed by atoms with Crippen LogP contribution in [-0.4, -0.2) is 44.0 Å². The molecule has 0 radical (unpaired) electrons. The number of nitrogens with one attached hydrogen (secondary N) is 2. The summed E-state index contributed by atoms with van der Waals surface area (Å²) in [6.07, 6.45) is -1.96. The molecular weight excluding hydrogens is 491 g/mol. The van der Waals surface area contributed by atoms with Crippen LogP contribution in [0.25, 0.3) is 11.0 Å². The molecule has 0 saturated heterocycles. The lowest BCUT2D eigenvalue weighted by atomic mass is 9.93. The monoisotopic (exact) mass is 514 g/mol. The Kier molecular flexibility index (Phi) is 7.24. The second kappa shape index (κ2) is 10.2. The van der Waals surface area contributed by atoms with Gasteiger partial charge in [-0.15, -0.1) is 0 Å². The first-order valence-corrected chi connectivity index (χ1v) is 11.1. The van der Waals surface area contributed by atoms with Gasteiger partial charge in [0.15, 0.2) is 11.3 Å². The highest BCUT2D eigenvalue weighted by Gasteiger charge is 2.30. The lowest BCUT2D eigenvalue weighted by Gasteiger charge is -2.29. The molecule has 2 aromatic heterocycles. The first-order valence-electron chi connectivity index (χ1n) is 11.1. The summed E-state index contributed by atoms with van der Waals surface area (Å²) in [6, 6.07) is 3.95. The molecule has 0 spiro atoms. The number of alkyl halides is 5. The molecule has 0 unspecified atom stereocenters. The minimum absolute atomic E-state index is 0.0859. The van der Waals surface area contributed by atoms with Crippen LogP contribution in [0.4, 0.5) is 33.5 Å². The van der Waals surface area contributed by atoms with Crippen molar-refractivity contribution in [3.05, 3.63) is 46.5 Å². The number of hydrogen-bond donors (Lipinski definition) is 2. The fourth-order valence-corrected chi connectivity index (χ4v) is 4.24. The van der Waals surface area contributed by atoms with Crippen LogP contribution in [0.3, 0.4) is 0 Å². The second-order valence-corrected chi connectivity index (χ2v) is 8.50. The lowest BCUT2D eigenvalue weighted by molar-refractivity contribution is -0.171. The fraction of sp³-hybridized carbons (Fsp3) is 0.455. The molecule has 1 aliphatic rings. The quantitative estimate of drug-likeness (QED) is 0.468. The SMILES string of the molecule is Cn1nc(Nc2ccc(C(F)(F)F)cc2)c2ncn(CC(=O)N[C@H]3CCC[C@H](OC(F)F)C3)c(=O)c21. The molecule has 2 N–H and O–H groups in total. The van der Waals surface area contributed by atoms with E-state index in [1.807, 2.05) is 0 Å². The van der Waals surface area contributed by atoms with Crippen molar-refractivity contribution >= 4 is 28.4 Å². The van der Waals surface area contributed by atoms with Crippen LogP contribution in [0.15, 0.2) is 35.4 Å². The summed E-state index contributed by atoms with van der Waals surface area (Å²) in [5, 5.41) is 9.79. The Morgan fingerprint density at radius 3 is 2.61 bits per heavy atom. The normalized spacial score (nSPS) is 18.5. The number of ether oxygens (including phenoxy) is 1. The van der Waals surface area contributed by atoms with E-state index in [-0.39, 0.29) is 35.9 Å². The smallest absolute Gasteiger partial charge is 0.352 e. The molecule has 1 aliphatic carbocycles. The second-order valence-electron chi connectivity index (χ2n) is 8.50. The number of aromatic nitrogens is 4. The van der Waals surface area contributed by atoms with E-state index in [1.54, 1.807) is 0 Å². The van der Waals surface area contributed by atoms with Gasteiger partial charge < -0.3 is 15.4 Å². The number of fused-ring (bicyclic) bond motifs is 1. The molecule has 1 amide bonds. The van der Waals surface area contributed by atoms with Crippen molar-refractivity contribution in [3.63, 3.8) is 0 Å². The highest BCUT2D eigenvalue weighted by atomic mass is 19.4. The van der Waals surface area contributed by atoms with Gasteiger partial charge in [0.25, 0.3) is 5.56 Å². The summed E-state index contributed by atoms with van der Waals surface area (Å²) in [4.78, 5) is 29.7. The van der Waals surface area contributed by atoms with Crippen LogP contribution in [0.2, 0.25) is 0 Å². The van der Waals surface area contributed by atoms with Gasteiger partial charge in [-0.25, -0.2) is 4.98 Å². The minimum Gasteiger partial charge on any atom is -0.352 e. The summed E-state index contributed by atoms with van der Waals surface area (Å²) in [5.74, 6) is -0.320. The highest BCUT2D eigenvalue weighted by molar-refractivity contribution is 5.87. The number of rotatable bonds is 7. The van der Waals surface area contributed by atoms with Gasteiger partial charge in [-0.1, -0.05) is 0 Å². The summed E-state index contributed by atoms with van der Waals surface area (Å²) < 4.78 is 70.2. The topological polar surface area (TPSA) is 103 Å². The molecule has 2 atom stereocenters. The number of halogens is 5. The zero-order valence-corrected chi connectivity index (χ0v) is 19.1. The third-order valence-electron chi connectivity index (χ3n) is 5.89. The van der Waals surface area contributed by atoms with Crippen LogP contribution >= 0.6 is 0 Å². The maximum absolute atomic E-state index is 13.0. The van der Waals surface area contributed by atoms with Crippen molar-refractivity contribution < 1.29 is 31.5 Å². The number of anilines is 2. The van der Waals surface area contributed by atoms with Crippen LogP contribution < -0.4 is 16.2 Å². The van der Waals surface area contributed by atoms with E-state index < -0.39 is 35.9 Å². The number of aryl methyl sites for hydroxylation is 1. The Balaban J connectivity index is 1.46. The number of nitrogens with zero attached hydrogens (tertiary/aromatic N) is 4. The standard InChI is InChI=1S/C22H23F5N6O3/c1-32-18-17(19(31-32)30-13-7-5-12(6-8-13)22(25,26)27)28-11-33(20(18)35)10-16(34)29-14-3-2-4-15(9-14)36-21(23)24/h5-8,11,14-15,21H,2-4,9-10H2,1H3,(H,29,34)(H,30,31)/t14-,15-/m0/s1. The first-order chi connectivity index (χ1) is 17.0. The number of carbonyl (C=O) groups excluding carboxylic acids is 1. The zero-order valence-electron chi connectivity index (χ0n) is 19.1. The van der Waals surface area contributed by atoms with E-state index >= 15 is 0 Å². The molecule has 1 fully saturated rings. The first kappa shape index (κ1) is 25.5. The molecule has 1 saturated carbocycles. The van der Waals surface area contributed by atoms with Crippen molar-refractivity contribution in [2.24, 2.45) is 7.05 Å². The summed E-state index contributed by atoms with van der Waals surface area (Å²) in [7, 11) is 1.50. The van der Waals surface area contributed by atoms with Crippen LogP contribution in [0, 0.1) is 0 Å². The van der Waals surface area contributed by atoms with Crippen molar-refractivity contribution in [1.29, 1.82) is 0 Å². The molecule has 4 rings (SSSR count). The minimum atomic E-state index is -4.46. The van der Waals surface area contributed by atoms with E-state index in [2.05, 4.69) is 25.5 Å². The Hall–Kier alpha value is -3.55. The van der Waals surface area contributed by atoms with Gasteiger partial charge in [0.1, 0.15) is 12.1 Å². The average molecular weight is 514 g/mol. The Morgan fingerprint density at radius 2 is 1.94 bits per heavy atom. The Morgan fingerprint density at radius 1 is 1.22 bits per heavy atom. The van der Waals surface area contributed by atoms with Crippen molar-refractivity contribution in [1.82, 2.24) is 24.6 Å². The van der Waals surface area contributed by atoms with Gasteiger partial charge >= 0.3 is 12.8 Å². The highest BCUT2D eigenvalue weighted by Crippen LogP contribution is 2.31. The third kappa shape index (κ3) is 5.80. The van der Waals surface area contributed by atoms with Crippen LogP contribution in [-0.2, 0) is 29.3 Å². The lowest BCUT2D eigenvalue weighted by Crippen LogP contribution is -2.43. The molecular formula is C22H23F5N6O3. The van der Waals surface area contributed by atoms with Crippen molar-refractivity contribution in [2.75, 3.05) is 5.32 Å². The largest absolute Gasteiger partial charge is 0.416 e. The predicted molar refractivity (Wildman–Crippen MR) is 119 cm³/mol. The predicted octanol–water partition coefficient (Wildman–Crippen LogP) is 3.56. The Bertz CT molecular complexity index is 1290. The molecule has 2 heterocycles. The van der Waals surface area contributed by atoms with Gasteiger partial charge in [0, 0.05) is 18.8 Å². The molecule has 3 aromatic rings. The maximum atomic E-state index is 13.0. The number of amides is 1. The van der Waals surface area contributed by atoms with Crippen molar-refractivity contribution in [3.8, 4) is 0 Å². The number of carbonyl (C=O) groups is 1. The number of benzene rings is 1.